The van der Waals surface area contributed by atoms with Crippen molar-refractivity contribution < 1.29 is 13.9 Å². The van der Waals surface area contributed by atoms with Gasteiger partial charge in [-0.3, -0.25) is 0 Å². The fourth-order valence-electron chi connectivity index (χ4n) is 2.57. The first-order chi connectivity index (χ1) is 12.2. The Hall–Kier alpha value is -3.13. The van der Waals surface area contributed by atoms with Gasteiger partial charge in [-0.1, -0.05) is 0 Å². The second kappa shape index (κ2) is 6.06. The number of nitrogens with two attached hydrogens (primary N) is 1. The second-order valence-corrected chi connectivity index (χ2v) is 5.59. The Morgan fingerprint density at radius 2 is 2.16 bits per heavy atom. The molecule has 0 amide bonds. The lowest BCUT2D eigenvalue weighted by molar-refractivity contribution is 0.217. The van der Waals surface area contributed by atoms with E-state index in [0.717, 1.165) is 5.39 Å². The van der Waals surface area contributed by atoms with E-state index in [4.69, 9.17) is 19.6 Å². The molecule has 4 rings (SSSR count). The fraction of sp³-hybridized carbons (Fsp3) is 0.235. The summed E-state index contributed by atoms with van der Waals surface area (Å²) < 4.78 is 18.6. The zero-order valence-corrected chi connectivity index (χ0v) is 13.8. The van der Waals surface area contributed by atoms with Crippen molar-refractivity contribution in [3.05, 3.63) is 36.7 Å². The number of ether oxygens (including phenoxy) is 2. The number of furan rings is 1. The fourth-order valence-corrected chi connectivity index (χ4v) is 2.57. The summed E-state index contributed by atoms with van der Waals surface area (Å²) in [5.41, 5.74) is 7.68. The topological polar surface area (TPSA) is 101 Å². The van der Waals surface area contributed by atoms with Crippen LogP contribution in [0.5, 0.6) is 11.8 Å². The first kappa shape index (κ1) is 15.4. The molecule has 0 radical (unpaired) electrons. The Morgan fingerprint density at radius 1 is 1.28 bits per heavy atom. The van der Waals surface area contributed by atoms with Gasteiger partial charge in [-0.2, -0.15) is 0 Å². The molecule has 0 aliphatic heterocycles. The van der Waals surface area contributed by atoms with Gasteiger partial charge in [0.1, 0.15) is 17.4 Å². The van der Waals surface area contributed by atoms with Gasteiger partial charge < -0.3 is 19.6 Å². The van der Waals surface area contributed by atoms with Crippen LogP contribution in [-0.4, -0.2) is 39.3 Å². The van der Waals surface area contributed by atoms with Crippen LogP contribution in [-0.2, 0) is 0 Å². The number of rotatable bonds is 5. The number of methoxy groups -OCH3 is 1. The zero-order chi connectivity index (χ0) is 17.4. The van der Waals surface area contributed by atoms with Crippen molar-refractivity contribution in [1.29, 1.82) is 0 Å². The normalized spacial score (nSPS) is 12.6. The van der Waals surface area contributed by atoms with Gasteiger partial charge in [0.15, 0.2) is 11.4 Å². The summed E-state index contributed by atoms with van der Waals surface area (Å²) in [4.78, 5) is 8.55. The second-order valence-electron chi connectivity index (χ2n) is 5.59. The molecule has 8 heteroatoms. The number of imidazole rings is 1. The third kappa shape index (κ3) is 2.66. The molecule has 1 atom stereocenters. The van der Waals surface area contributed by atoms with Crippen LogP contribution in [0.25, 0.3) is 28.1 Å². The molecule has 0 spiro atoms. The summed E-state index contributed by atoms with van der Waals surface area (Å²) in [6.07, 6.45) is 3.22. The van der Waals surface area contributed by atoms with Crippen molar-refractivity contribution in [2.24, 2.45) is 5.73 Å². The van der Waals surface area contributed by atoms with Crippen LogP contribution in [0.4, 0.5) is 0 Å². The summed E-state index contributed by atoms with van der Waals surface area (Å²) in [7, 11) is 1.58. The van der Waals surface area contributed by atoms with Gasteiger partial charge >= 0.3 is 0 Å². The van der Waals surface area contributed by atoms with Crippen molar-refractivity contribution in [3.8, 4) is 23.2 Å². The van der Waals surface area contributed by atoms with Crippen LogP contribution in [0.3, 0.4) is 0 Å². The summed E-state index contributed by atoms with van der Waals surface area (Å²) >= 11 is 0. The average Bonchev–Trinajstić information content (AvgIpc) is 3.24. The molecule has 0 bridgehead atoms. The highest BCUT2D eigenvalue weighted by atomic mass is 16.5. The van der Waals surface area contributed by atoms with Crippen LogP contribution in [0.2, 0.25) is 0 Å². The van der Waals surface area contributed by atoms with E-state index in [2.05, 4.69) is 15.1 Å². The molecule has 2 N–H and O–H groups in total. The number of aromatic nitrogens is 4. The Labute approximate surface area is 143 Å². The lowest BCUT2D eigenvalue weighted by Crippen LogP contribution is -2.23. The molecule has 0 saturated carbocycles. The number of fused-ring (bicyclic) bond motifs is 2. The number of pyridine rings is 1. The first-order valence-corrected chi connectivity index (χ1v) is 7.84. The van der Waals surface area contributed by atoms with Gasteiger partial charge in [0.2, 0.25) is 11.8 Å². The molecule has 0 unspecified atom stereocenters. The molecule has 128 valence electrons. The van der Waals surface area contributed by atoms with E-state index in [9.17, 15) is 0 Å². The number of hydrogen-bond acceptors (Lipinski definition) is 7. The Morgan fingerprint density at radius 3 is 2.96 bits per heavy atom. The van der Waals surface area contributed by atoms with E-state index in [1.165, 1.54) is 0 Å². The molecule has 0 aliphatic rings. The molecule has 25 heavy (non-hydrogen) atoms. The lowest BCUT2D eigenvalue weighted by atomic mass is 10.3. The van der Waals surface area contributed by atoms with Crippen molar-refractivity contribution in [2.75, 3.05) is 13.7 Å². The van der Waals surface area contributed by atoms with Gasteiger partial charge in [-0.25, -0.2) is 14.5 Å². The molecule has 0 aliphatic carbocycles. The van der Waals surface area contributed by atoms with E-state index < -0.39 is 0 Å². The summed E-state index contributed by atoms with van der Waals surface area (Å²) in [5.74, 6) is 1.60. The molecule has 4 aromatic heterocycles. The average molecular weight is 339 g/mol. The van der Waals surface area contributed by atoms with E-state index in [-0.39, 0.29) is 6.10 Å². The Balaban J connectivity index is 1.82. The number of nitrogens with zero attached hydrogens (tertiary/aromatic N) is 4. The van der Waals surface area contributed by atoms with Crippen molar-refractivity contribution in [1.82, 2.24) is 19.6 Å². The Bertz CT molecular complexity index is 1040. The monoisotopic (exact) mass is 339 g/mol. The van der Waals surface area contributed by atoms with Crippen molar-refractivity contribution in [3.63, 3.8) is 0 Å². The van der Waals surface area contributed by atoms with Crippen molar-refractivity contribution in [2.45, 2.75) is 13.0 Å². The van der Waals surface area contributed by atoms with Crippen molar-refractivity contribution >= 4 is 16.6 Å². The minimum Gasteiger partial charge on any atom is -0.480 e. The van der Waals surface area contributed by atoms with Crippen LogP contribution in [0.1, 0.15) is 6.92 Å². The molecular formula is C17H17N5O3. The maximum Gasteiger partial charge on any atom is 0.232 e. The smallest absolute Gasteiger partial charge is 0.232 e. The van der Waals surface area contributed by atoms with Crippen LogP contribution < -0.4 is 15.2 Å². The molecule has 0 saturated heterocycles. The molecule has 4 heterocycles. The van der Waals surface area contributed by atoms with E-state index in [1.807, 2.05) is 19.1 Å². The molecule has 8 nitrogen and oxygen atoms in total. The van der Waals surface area contributed by atoms with Crippen LogP contribution in [0.15, 0.2) is 41.1 Å². The van der Waals surface area contributed by atoms with E-state index in [0.29, 0.717) is 41.0 Å². The predicted molar refractivity (Wildman–Crippen MR) is 91.7 cm³/mol. The Kier molecular flexibility index (Phi) is 3.73. The largest absolute Gasteiger partial charge is 0.480 e. The minimum atomic E-state index is -0.126. The summed E-state index contributed by atoms with van der Waals surface area (Å²) in [6.45, 7) is 2.30. The maximum absolute atomic E-state index is 5.92. The SMILES string of the molecule is COc1nccc2oc(-c3cnc4ccc(O[C@H](C)CN)nn34)cc12. The summed E-state index contributed by atoms with van der Waals surface area (Å²) in [6, 6.07) is 7.25. The van der Waals surface area contributed by atoms with E-state index >= 15 is 0 Å². The molecular weight excluding hydrogens is 322 g/mol. The van der Waals surface area contributed by atoms with Crippen LogP contribution in [0, 0.1) is 0 Å². The van der Waals surface area contributed by atoms with Crippen LogP contribution >= 0.6 is 0 Å². The third-order valence-corrected chi connectivity index (χ3v) is 3.85. The van der Waals surface area contributed by atoms with Gasteiger partial charge in [-0.15, -0.1) is 5.10 Å². The molecule has 0 fully saturated rings. The first-order valence-electron chi connectivity index (χ1n) is 7.84. The zero-order valence-electron chi connectivity index (χ0n) is 13.8. The highest BCUT2D eigenvalue weighted by Gasteiger charge is 2.16. The predicted octanol–water partition coefficient (Wildman–Crippen LogP) is 2.27. The van der Waals surface area contributed by atoms with Gasteiger partial charge in [-0.05, 0) is 19.1 Å². The van der Waals surface area contributed by atoms with Gasteiger partial charge in [0.05, 0.1) is 18.7 Å². The standard InChI is InChI=1S/C17H17N5O3/c1-10(8-18)24-16-4-3-15-20-9-12(22(15)21-16)14-7-11-13(25-14)5-6-19-17(11)23-2/h3-7,9-10H,8,18H2,1-2H3/t10-/m1/s1. The highest BCUT2D eigenvalue weighted by molar-refractivity contribution is 5.86. The van der Waals surface area contributed by atoms with E-state index in [1.54, 1.807) is 36.2 Å². The highest BCUT2D eigenvalue weighted by Crippen LogP contribution is 2.32. The molecule has 4 aromatic rings. The lowest BCUT2D eigenvalue weighted by Gasteiger charge is -2.11. The quantitative estimate of drug-likeness (QED) is 0.595. The van der Waals surface area contributed by atoms with Gasteiger partial charge in [0, 0.05) is 24.9 Å². The van der Waals surface area contributed by atoms with Gasteiger partial charge in [0.25, 0.3) is 0 Å². The third-order valence-electron chi connectivity index (χ3n) is 3.85. The molecule has 0 aromatic carbocycles. The summed E-state index contributed by atoms with van der Waals surface area (Å²) in [5, 5.41) is 5.27. The minimum absolute atomic E-state index is 0.126. The maximum atomic E-state index is 5.92. The number of hydrogen-bond donors (Lipinski definition) is 1.